The second-order valence-electron chi connectivity index (χ2n) is 4.60. The van der Waals surface area contributed by atoms with Gasteiger partial charge >= 0.3 is 0 Å². The van der Waals surface area contributed by atoms with Gasteiger partial charge in [-0.15, -0.1) is 0 Å². The van der Waals surface area contributed by atoms with Crippen molar-refractivity contribution in [2.45, 2.75) is 45.6 Å². The van der Waals surface area contributed by atoms with Crippen LogP contribution in [0, 0.1) is 12.8 Å². The zero-order valence-corrected chi connectivity index (χ0v) is 9.94. The number of nitrogens with zero attached hydrogens (tertiary/aromatic N) is 2. The second-order valence-corrected chi connectivity index (χ2v) is 4.60. The Morgan fingerprint density at radius 2 is 2.06 bits per heavy atom. The molecule has 1 heterocycles. The summed E-state index contributed by atoms with van der Waals surface area (Å²) in [5.41, 5.74) is 5.67. The molecule has 0 saturated heterocycles. The third-order valence-electron chi connectivity index (χ3n) is 3.14. The number of aromatic nitrogens is 2. The van der Waals surface area contributed by atoms with Gasteiger partial charge in [0.2, 0.25) is 5.88 Å². The smallest absolute Gasteiger partial charge is 0.218 e. The van der Waals surface area contributed by atoms with Gasteiger partial charge in [-0.3, -0.25) is 0 Å². The van der Waals surface area contributed by atoms with Crippen LogP contribution < -0.4 is 10.5 Å². The zero-order chi connectivity index (χ0) is 11.5. The summed E-state index contributed by atoms with van der Waals surface area (Å²) in [6.07, 6.45) is 5.19. The average molecular weight is 221 g/mol. The van der Waals surface area contributed by atoms with Crippen LogP contribution in [-0.2, 0) is 0 Å². The van der Waals surface area contributed by atoms with Gasteiger partial charge < -0.3 is 10.5 Å². The first-order valence-corrected chi connectivity index (χ1v) is 5.93. The van der Waals surface area contributed by atoms with Crippen molar-refractivity contribution < 1.29 is 4.74 Å². The molecular formula is C12H19N3O. The van der Waals surface area contributed by atoms with E-state index in [-0.39, 0.29) is 6.10 Å². The molecule has 1 fully saturated rings. The van der Waals surface area contributed by atoms with Crippen LogP contribution in [0.25, 0.3) is 0 Å². The summed E-state index contributed by atoms with van der Waals surface area (Å²) < 4.78 is 5.90. The van der Waals surface area contributed by atoms with Crippen molar-refractivity contribution in [1.82, 2.24) is 9.97 Å². The predicted octanol–water partition coefficient (Wildman–Crippen LogP) is 2.32. The van der Waals surface area contributed by atoms with Crippen LogP contribution in [0.5, 0.6) is 5.88 Å². The molecule has 2 N–H and O–H groups in total. The molecule has 4 nitrogen and oxygen atoms in total. The van der Waals surface area contributed by atoms with Crippen molar-refractivity contribution in [3.63, 3.8) is 0 Å². The largest absolute Gasteiger partial charge is 0.474 e. The molecule has 0 amide bonds. The zero-order valence-electron chi connectivity index (χ0n) is 9.94. The fourth-order valence-electron chi connectivity index (χ4n) is 2.24. The number of rotatable bonds is 2. The Labute approximate surface area is 96.2 Å². The van der Waals surface area contributed by atoms with Gasteiger partial charge in [0.05, 0.1) is 0 Å². The van der Waals surface area contributed by atoms with E-state index in [2.05, 4.69) is 16.9 Å². The van der Waals surface area contributed by atoms with Crippen LogP contribution in [0.3, 0.4) is 0 Å². The monoisotopic (exact) mass is 221 g/mol. The van der Waals surface area contributed by atoms with Crippen molar-refractivity contribution in [1.29, 1.82) is 0 Å². The number of nitrogen functional groups attached to an aromatic ring is 1. The molecule has 0 aromatic carbocycles. The van der Waals surface area contributed by atoms with Crippen LogP contribution in [0.1, 0.15) is 38.4 Å². The van der Waals surface area contributed by atoms with E-state index in [1.807, 2.05) is 6.92 Å². The quantitative estimate of drug-likeness (QED) is 0.832. The maximum absolute atomic E-state index is 5.90. The van der Waals surface area contributed by atoms with E-state index in [0.717, 1.165) is 6.42 Å². The van der Waals surface area contributed by atoms with E-state index in [4.69, 9.17) is 10.5 Å². The number of anilines is 1. The van der Waals surface area contributed by atoms with Gasteiger partial charge in [0.15, 0.2) is 0 Å². The predicted molar refractivity (Wildman–Crippen MR) is 63.2 cm³/mol. The molecule has 2 rings (SSSR count). The third kappa shape index (κ3) is 2.62. The van der Waals surface area contributed by atoms with Crippen molar-refractivity contribution in [2.24, 2.45) is 5.92 Å². The summed E-state index contributed by atoms with van der Waals surface area (Å²) in [7, 11) is 0. The molecule has 0 bridgehead atoms. The van der Waals surface area contributed by atoms with E-state index < -0.39 is 0 Å². The van der Waals surface area contributed by atoms with E-state index >= 15 is 0 Å². The highest BCUT2D eigenvalue weighted by Crippen LogP contribution is 2.27. The first-order chi connectivity index (χ1) is 7.65. The third-order valence-corrected chi connectivity index (χ3v) is 3.14. The average Bonchev–Trinajstić information content (AvgIpc) is 2.20. The van der Waals surface area contributed by atoms with Gasteiger partial charge in [0.1, 0.15) is 17.7 Å². The van der Waals surface area contributed by atoms with Gasteiger partial charge in [-0.2, -0.15) is 4.98 Å². The lowest BCUT2D eigenvalue weighted by Crippen LogP contribution is -2.28. The van der Waals surface area contributed by atoms with Crippen molar-refractivity contribution in [3.05, 3.63) is 11.9 Å². The normalized spacial score (nSPS) is 25.4. The minimum absolute atomic E-state index is 0.280. The minimum Gasteiger partial charge on any atom is -0.474 e. The number of hydrogen-bond donors (Lipinski definition) is 1. The molecular weight excluding hydrogens is 202 g/mol. The molecule has 0 spiro atoms. The molecule has 1 aliphatic carbocycles. The summed E-state index contributed by atoms with van der Waals surface area (Å²) in [6, 6.07) is 1.70. The Hall–Kier alpha value is -1.32. The summed E-state index contributed by atoms with van der Waals surface area (Å²) in [6.45, 7) is 4.06. The lowest BCUT2D eigenvalue weighted by Gasteiger charge is -2.28. The first kappa shape index (κ1) is 11.2. The molecule has 0 radical (unpaired) electrons. The first-order valence-electron chi connectivity index (χ1n) is 5.93. The molecule has 16 heavy (non-hydrogen) atoms. The molecule has 1 aromatic heterocycles. The lowest BCUT2D eigenvalue weighted by atomic mass is 9.88. The summed E-state index contributed by atoms with van der Waals surface area (Å²) in [5.74, 6) is 2.36. The Kier molecular flexibility index (Phi) is 3.27. The summed E-state index contributed by atoms with van der Waals surface area (Å²) in [5, 5.41) is 0. The Morgan fingerprint density at radius 1 is 1.31 bits per heavy atom. The van der Waals surface area contributed by atoms with Gasteiger partial charge in [-0.1, -0.05) is 13.3 Å². The second kappa shape index (κ2) is 4.68. The highest BCUT2D eigenvalue weighted by Gasteiger charge is 2.23. The topological polar surface area (TPSA) is 61.0 Å². The summed E-state index contributed by atoms with van der Waals surface area (Å²) in [4.78, 5) is 8.28. The molecule has 1 aliphatic rings. The van der Waals surface area contributed by atoms with E-state index in [1.165, 1.54) is 19.3 Å². The van der Waals surface area contributed by atoms with Crippen molar-refractivity contribution >= 4 is 5.82 Å². The minimum atomic E-state index is 0.280. The molecule has 0 aliphatic heterocycles. The van der Waals surface area contributed by atoms with E-state index in [0.29, 0.717) is 23.4 Å². The number of aryl methyl sites for hydroxylation is 1. The van der Waals surface area contributed by atoms with Crippen LogP contribution in [0.15, 0.2) is 6.07 Å². The molecule has 2 atom stereocenters. The van der Waals surface area contributed by atoms with E-state index in [1.54, 1.807) is 6.07 Å². The highest BCUT2D eigenvalue weighted by molar-refractivity contribution is 5.32. The molecule has 1 aromatic rings. The Balaban J connectivity index is 2.07. The maximum atomic E-state index is 5.90. The van der Waals surface area contributed by atoms with Gasteiger partial charge in [0.25, 0.3) is 0 Å². The molecule has 88 valence electrons. The lowest BCUT2D eigenvalue weighted by molar-refractivity contribution is 0.0973. The SMILES string of the molecule is Cc1nc(N)cc(OC2CCCCC2C)n1. The van der Waals surface area contributed by atoms with Crippen LogP contribution in [0.2, 0.25) is 0 Å². The van der Waals surface area contributed by atoms with Crippen LogP contribution >= 0.6 is 0 Å². The van der Waals surface area contributed by atoms with Crippen molar-refractivity contribution in [2.75, 3.05) is 5.73 Å². The number of hydrogen-bond acceptors (Lipinski definition) is 4. The standard InChI is InChI=1S/C12H19N3O/c1-8-5-3-4-6-10(8)16-12-7-11(13)14-9(2)15-12/h7-8,10H,3-6H2,1-2H3,(H2,13,14,15). The van der Waals surface area contributed by atoms with Gasteiger partial charge in [-0.25, -0.2) is 4.98 Å². The fraction of sp³-hybridized carbons (Fsp3) is 0.667. The number of ether oxygens (including phenoxy) is 1. The van der Waals surface area contributed by atoms with Gasteiger partial charge in [0, 0.05) is 6.07 Å². The van der Waals surface area contributed by atoms with Crippen LogP contribution in [0.4, 0.5) is 5.82 Å². The molecule has 4 heteroatoms. The molecule has 1 saturated carbocycles. The van der Waals surface area contributed by atoms with Crippen LogP contribution in [-0.4, -0.2) is 16.1 Å². The van der Waals surface area contributed by atoms with Gasteiger partial charge in [-0.05, 0) is 32.1 Å². The number of nitrogens with two attached hydrogens (primary N) is 1. The maximum Gasteiger partial charge on any atom is 0.218 e. The molecule has 2 unspecified atom stereocenters. The Bertz CT molecular complexity index is 347. The highest BCUT2D eigenvalue weighted by atomic mass is 16.5. The Morgan fingerprint density at radius 3 is 2.75 bits per heavy atom. The summed E-state index contributed by atoms with van der Waals surface area (Å²) >= 11 is 0. The van der Waals surface area contributed by atoms with Crippen molar-refractivity contribution in [3.8, 4) is 5.88 Å². The van der Waals surface area contributed by atoms with E-state index in [9.17, 15) is 0 Å². The fourth-order valence-corrected chi connectivity index (χ4v) is 2.24.